The first kappa shape index (κ1) is 10.2. The summed E-state index contributed by atoms with van der Waals surface area (Å²) >= 11 is 4.88. The van der Waals surface area contributed by atoms with Gasteiger partial charge in [-0.2, -0.15) is 0 Å². The summed E-state index contributed by atoms with van der Waals surface area (Å²) in [7, 11) is 0. The van der Waals surface area contributed by atoms with Gasteiger partial charge in [0.1, 0.15) is 6.61 Å². The van der Waals surface area contributed by atoms with Crippen LogP contribution in [-0.4, -0.2) is 29.1 Å². The minimum Gasteiger partial charge on any atom is -0.469 e. The Balaban J connectivity index is 2.78. The Bertz CT molecular complexity index is 260. The third kappa shape index (κ3) is 1.88. The quantitative estimate of drug-likeness (QED) is 0.496. The van der Waals surface area contributed by atoms with Gasteiger partial charge in [0.2, 0.25) is 5.91 Å². The molecule has 0 aliphatic carbocycles. The van der Waals surface area contributed by atoms with E-state index in [4.69, 9.17) is 17.0 Å². The van der Waals surface area contributed by atoms with Gasteiger partial charge in [-0.15, -0.1) is 6.58 Å². The van der Waals surface area contributed by atoms with Gasteiger partial charge >= 0.3 is 0 Å². The fourth-order valence-corrected chi connectivity index (χ4v) is 1.27. The van der Waals surface area contributed by atoms with Crippen molar-refractivity contribution in [3.63, 3.8) is 0 Å². The molecule has 72 valence electrons. The summed E-state index contributed by atoms with van der Waals surface area (Å²) in [5.74, 6) is -0.0509. The van der Waals surface area contributed by atoms with E-state index in [2.05, 4.69) is 6.58 Å². The van der Waals surface area contributed by atoms with Gasteiger partial charge in [-0.3, -0.25) is 9.69 Å². The standard InChI is InChI=1S/C9H13NO2S/c1-4-9(2,3)7(11)10-5-6-12-8(10)13/h4H,1,5-6H2,2-3H3. The molecule has 0 radical (unpaired) electrons. The third-order valence-corrected chi connectivity index (χ3v) is 2.41. The zero-order chi connectivity index (χ0) is 10.1. The first-order chi connectivity index (χ1) is 5.99. The summed E-state index contributed by atoms with van der Waals surface area (Å²) in [6.45, 7) is 8.28. The van der Waals surface area contributed by atoms with Crippen molar-refractivity contribution in [2.45, 2.75) is 13.8 Å². The molecule has 1 amide bonds. The number of thiocarbonyl (C=S) groups is 1. The number of nitrogens with zero attached hydrogens (tertiary/aromatic N) is 1. The Morgan fingerprint density at radius 2 is 2.38 bits per heavy atom. The zero-order valence-electron chi connectivity index (χ0n) is 7.87. The lowest BCUT2D eigenvalue weighted by molar-refractivity contribution is -0.133. The Morgan fingerprint density at radius 3 is 2.77 bits per heavy atom. The number of hydrogen-bond acceptors (Lipinski definition) is 3. The molecule has 0 aromatic rings. The minimum atomic E-state index is -0.572. The van der Waals surface area contributed by atoms with Gasteiger partial charge in [0, 0.05) is 0 Å². The minimum absolute atomic E-state index is 0.0509. The molecule has 1 saturated heterocycles. The Labute approximate surface area is 83.4 Å². The van der Waals surface area contributed by atoms with E-state index in [-0.39, 0.29) is 11.1 Å². The molecule has 0 saturated carbocycles. The molecule has 0 spiro atoms. The van der Waals surface area contributed by atoms with Crippen molar-refractivity contribution in [3.8, 4) is 0 Å². The van der Waals surface area contributed by atoms with Gasteiger partial charge in [0.05, 0.1) is 12.0 Å². The van der Waals surface area contributed by atoms with Crippen LogP contribution in [0.4, 0.5) is 0 Å². The molecule has 0 aromatic heterocycles. The molecule has 1 aliphatic heterocycles. The molecule has 1 fully saturated rings. The van der Waals surface area contributed by atoms with Crippen molar-refractivity contribution >= 4 is 23.3 Å². The maximum absolute atomic E-state index is 11.8. The van der Waals surface area contributed by atoms with Crippen LogP contribution in [0.5, 0.6) is 0 Å². The highest BCUT2D eigenvalue weighted by molar-refractivity contribution is 7.80. The van der Waals surface area contributed by atoms with Crippen molar-refractivity contribution in [2.24, 2.45) is 5.41 Å². The highest BCUT2D eigenvalue weighted by atomic mass is 32.1. The highest BCUT2D eigenvalue weighted by Gasteiger charge is 2.34. The smallest absolute Gasteiger partial charge is 0.266 e. The topological polar surface area (TPSA) is 29.5 Å². The molecule has 1 rings (SSSR count). The Hall–Kier alpha value is -0.900. The summed E-state index contributed by atoms with van der Waals surface area (Å²) in [5.41, 5.74) is -0.572. The van der Waals surface area contributed by atoms with Crippen LogP contribution >= 0.6 is 12.2 Å². The molecule has 1 aliphatic rings. The molecule has 0 atom stereocenters. The number of ether oxygens (including phenoxy) is 1. The van der Waals surface area contributed by atoms with E-state index in [1.165, 1.54) is 4.90 Å². The summed E-state index contributed by atoms with van der Waals surface area (Å²) in [4.78, 5) is 13.3. The second-order valence-corrected chi connectivity index (χ2v) is 3.85. The molecular weight excluding hydrogens is 186 g/mol. The van der Waals surface area contributed by atoms with Gasteiger partial charge in [0.15, 0.2) is 0 Å². The van der Waals surface area contributed by atoms with Crippen LogP contribution in [0, 0.1) is 5.41 Å². The second-order valence-electron chi connectivity index (χ2n) is 3.50. The fraction of sp³-hybridized carbons (Fsp3) is 0.556. The van der Waals surface area contributed by atoms with Crippen LogP contribution in [0.2, 0.25) is 0 Å². The number of carbonyl (C=O) groups is 1. The van der Waals surface area contributed by atoms with Gasteiger partial charge in [-0.05, 0) is 26.1 Å². The fourth-order valence-electron chi connectivity index (χ4n) is 1.01. The summed E-state index contributed by atoms with van der Waals surface area (Å²) in [6, 6.07) is 0. The lowest BCUT2D eigenvalue weighted by Crippen LogP contribution is -2.40. The van der Waals surface area contributed by atoms with Crippen LogP contribution in [0.1, 0.15) is 13.8 Å². The average molecular weight is 199 g/mol. The first-order valence-corrected chi connectivity index (χ1v) is 4.52. The second kappa shape index (κ2) is 3.46. The molecule has 3 nitrogen and oxygen atoms in total. The number of hydrogen-bond donors (Lipinski definition) is 0. The lowest BCUT2D eigenvalue weighted by Gasteiger charge is -2.24. The molecular formula is C9H13NO2S. The normalized spacial score (nSPS) is 17.1. The van der Waals surface area contributed by atoms with Crippen molar-refractivity contribution in [1.29, 1.82) is 0 Å². The first-order valence-electron chi connectivity index (χ1n) is 4.11. The Morgan fingerprint density at radius 1 is 1.77 bits per heavy atom. The zero-order valence-corrected chi connectivity index (χ0v) is 8.69. The van der Waals surface area contributed by atoms with E-state index < -0.39 is 5.41 Å². The SMILES string of the molecule is C=CC(C)(C)C(=O)N1CCOC1=S. The van der Waals surface area contributed by atoms with Crippen LogP contribution in [0.25, 0.3) is 0 Å². The molecule has 0 aromatic carbocycles. The average Bonchev–Trinajstić information content (AvgIpc) is 2.50. The molecule has 1 heterocycles. The van der Waals surface area contributed by atoms with Crippen molar-refractivity contribution in [1.82, 2.24) is 4.90 Å². The van der Waals surface area contributed by atoms with E-state index in [1.807, 2.05) is 13.8 Å². The molecule has 4 heteroatoms. The van der Waals surface area contributed by atoms with E-state index in [9.17, 15) is 4.79 Å². The van der Waals surface area contributed by atoms with Gasteiger partial charge in [-0.25, -0.2) is 0 Å². The molecule has 0 unspecified atom stereocenters. The van der Waals surface area contributed by atoms with E-state index in [0.29, 0.717) is 13.2 Å². The molecule has 0 bridgehead atoms. The highest BCUT2D eigenvalue weighted by Crippen LogP contribution is 2.21. The molecule has 0 N–H and O–H groups in total. The van der Waals surface area contributed by atoms with Crippen molar-refractivity contribution in [2.75, 3.05) is 13.2 Å². The van der Waals surface area contributed by atoms with Gasteiger partial charge in [0.25, 0.3) is 5.17 Å². The van der Waals surface area contributed by atoms with Crippen LogP contribution < -0.4 is 0 Å². The van der Waals surface area contributed by atoms with E-state index in [0.717, 1.165) is 0 Å². The number of rotatable bonds is 2. The number of carbonyl (C=O) groups excluding carboxylic acids is 1. The summed E-state index contributed by atoms with van der Waals surface area (Å²) in [5, 5.41) is 0.278. The third-order valence-electron chi connectivity index (χ3n) is 2.07. The van der Waals surface area contributed by atoms with Crippen LogP contribution in [0.3, 0.4) is 0 Å². The van der Waals surface area contributed by atoms with Crippen LogP contribution in [-0.2, 0) is 9.53 Å². The monoisotopic (exact) mass is 199 g/mol. The number of amides is 1. The Kier molecular flexibility index (Phi) is 2.71. The van der Waals surface area contributed by atoms with Crippen LogP contribution in [0.15, 0.2) is 12.7 Å². The van der Waals surface area contributed by atoms with Crippen molar-refractivity contribution < 1.29 is 9.53 Å². The predicted octanol–water partition coefficient (Wildman–Crippen LogP) is 1.34. The van der Waals surface area contributed by atoms with Gasteiger partial charge in [-0.1, -0.05) is 6.08 Å². The predicted molar refractivity (Wildman–Crippen MR) is 54.2 cm³/mol. The van der Waals surface area contributed by atoms with Crippen molar-refractivity contribution in [3.05, 3.63) is 12.7 Å². The van der Waals surface area contributed by atoms with E-state index in [1.54, 1.807) is 6.08 Å². The summed E-state index contributed by atoms with van der Waals surface area (Å²) in [6.07, 6.45) is 1.62. The maximum Gasteiger partial charge on any atom is 0.266 e. The van der Waals surface area contributed by atoms with Gasteiger partial charge < -0.3 is 4.74 Å². The maximum atomic E-state index is 11.8. The van der Waals surface area contributed by atoms with E-state index >= 15 is 0 Å². The largest absolute Gasteiger partial charge is 0.469 e. The molecule has 13 heavy (non-hydrogen) atoms. The lowest BCUT2D eigenvalue weighted by atomic mass is 9.92. The summed E-state index contributed by atoms with van der Waals surface area (Å²) < 4.78 is 5.03.